The Bertz CT molecular complexity index is 2110. The maximum Gasteiger partial charge on any atom is 0.410 e. The highest BCUT2D eigenvalue weighted by molar-refractivity contribution is 6.76. The second kappa shape index (κ2) is 14.1. The van der Waals surface area contributed by atoms with E-state index in [0.29, 0.717) is 54.1 Å². The molecular formula is C39H48F2N6O5Si. The maximum atomic E-state index is 14.6. The number of halogens is 2. The lowest BCUT2D eigenvalue weighted by molar-refractivity contribution is 0.0291. The first-order valence-corrected chi connectivity index (χ1v) is 22.2. The van der Waals surface area contributed by atoms with Gasteiger partial charge in [0, 0.05) is 51.0 Å². The molecule has 3 aromatic heterocycles. The van der Waals surface area contributed by atoms with Crippen molar-refractivity contribution < 1.29 is 27.8 Å². The highest BCUT2D eigenvalue weighted by atomic mass is 28.3. The summed E-state index contributed by atoms with van der Waals surface area (Å²) in [5, 5.41) is 0. The SMILES string of the molecule is CC(C)(C)OC(=O)N1CCC(c2cc3ncn(-c4cc(-c5ccc(F)cc5C(=O)N5CC(F)C5)cc(C5CC5)n4)c(=O)c3n2COCC[Si](C)(C)C)C1. The highest BCUT2D eigenvalue weighted by Crippen LogP contribution is 2.41. The lowest BCUT2D eigenvalue weighted by atomic mass is 9.97. The van der Waals surface area contributed by atoms with E-state index < -0.39 is 31.6 Å². The molecule has 282 valence electrons. The Labute approximate surface area is 308 Å². The fourth-order valence-electron chi connectivity index (χ4n) is 6.94. The second-order valence-corrected chi connectivity index (χ2v) is 22.4. The molecule has 5 heterocycles. The van der Waals surface area contributed by atoms with Crippen molar-refractivity contribution in [3.63, 3.8) is 0 Å². The van der Waals surface area contributed by atoms with E-state index >= 15 is 0 Å². The number of nitrogens with zero attached hydrogens (tertiary/aromatic N) is 6. The average Bonchev–Trinajstić information content (AvgIpc) is 3.68. The van der Waals surface area contributed by atoms with E-state index in [-0.39, 0.29) is 48.9 Å². The van der Waals surface area contributed by atoms with Gasteiger partial charge in [-0.1, -0.05) is 25.7 Å². The summed E-state index contributed by atoms with van der Waals surface area (Å²) in [6.45, 7) is 14.0. The van der Waals surface area contributed by atoms with Gasteiger partial charge in [-0.2, -0.15) is 0 Å². The van der Waals surface area contributed by atoms with Crippen LogP contribution in [0.1, 0.15) is 73.6 Å². The number of hydrogen-bond acceptors (Lipinski definition) is 7. The number of likely N-dealkylation sites (tertiary alicyclic amines) is 2. The molecule has 0 radical (unpaired) electrons. The van der Waals surface area contributed by atoms with Crippen LogP contribution in [0.5, 0.6) is 0 Å². The van der Waals surface area contributed by atoms with Crippen molar-refractivity contribution in [2.45, 2.75) is 96.1 Å². The average molecular weight is 747 g/mol. The normalized spacial score (nSPS) is 18.2. The van der Waals surface area contributed by atoms with Gasteiger partial charge in [0.05, 0.1) is 24.2 Å². The van der Waals surface area contributed by atoms with Gasteiger partial charge in [0.15, 0.2) is 0 Å². The number of benzene rings is 1. The molecule has 1 saturated carbocycles. The molecule has 2 aliphatic heterocycles. The van der Waals surface area contributed by atoms with E-state index in [4.69, 9.17) is 19.4 Å². The smallest absolute Gasteiger partial charge is 0.410 e. The van der Waals surface area contributed by atoms with E-state index in [0.717, 1.165) is 30.3 Å². The van der Waals surface area contributed by atoms with E-state index in [1.165, 1.54) is 27.9 Å². The number of ether oxygens (including phenoxy) is 2. The van der Waals surface area contributed by atoms with E-state index in [1.807, 2.05) is 37.5 Å². The molecule has 7 rings (SSSR count). The van der Waals surface area contributed by atoms with Crippen LogP contribution in [0.25, 0.3) is 28.0 Å². The monoisotopic (exact) mass is 746 g/mol. The molecule has 2 amide bonds. The van der Waals surface area contributed by atoms with Gasteiger partial charge >= 0.3 is 6.09 Å². The van der Waals surface area contributed by atoms with Crippen LogP contribution in [0, 0.1) is 5.82 Å². The van der Waals surface area contributed by atoms with Crippen molar-refractivity contribution in [1.29, 1.82) is 0 Å². The molecule has 53 heavy (non-hydrogen) atoms. The van der Waals surface area contributed by atoms with Crippen molar-refractivity contribution in [1.82, 2.24) is 28.9 Å². The van der Waals surface area contributed by atoms with E-state index in [1.54, 1.807) is 17.0 Å². The molecule has 0 bridgehead atoms. The minimum atomic E-state index is -1.38. The van der Waals surface area contributed by atoms with Gasteiger partial charge in [-0.25, -0.2) is 28.1 Å². The van der Waals surface area contributed by atoms with Gasteiger partial charge in [-0.3, -0.25) is 9.59 Å². The Morgan fingerprint density at radius 3 is 2.42 bits per heavy atom. The van der Waals surface area contributed by atoms with Crippen LogP contribution >= 0.6 is 0 Å². The standard InChI is InChI=1S/C39H48F2N6O5Si/c1-39(2,3)52-38(50)44-12-11-25(19-44)33-18-32-35(47(33)23-51-13-14-53(4,5)6)37(49)46(22-42-32)34-16-26(15-31(43-34)24-7-8-24)29-10-9-27(40)17-30(29)36(48)45-20-28(41)21-45/h9-10,15-18,22,24-25,28H,7-8,11-14,19-21,23H2,1-6H3. The van der Waals surface area contributed by atoms with Crippen LogP contribution in [0.4, 0.5) is 13.6 Å². The summed E-state index contributed by atoms with van der Waals surface area (Å²) < 4.78 is 43.4. The number of pyridine rings is 1. The predicted molar refractivity (Wildman–Crippen MR) is 201 cm³/mol. The molecule has 0 spiro atoms. The summed E-state index contributed by atoms with van der Waals surface area (Å²) in [6.07, 6.45) is 2.57. The van der Waals surface area contributed by atoms with E-state index in [2.05, 4.69) is 19.6 Å². The summed E-state index contributed by atoms with van der Waals surface area (Å²) in [5.41, 5.74) is 2.74. The first-order chi connectivity index (χ1) is 25.0. The van der Waals surface area contributed by atoms with Gasteiger partial charge in [-0.05, 0) is 87.5 Å². The summed E-state index contributed by atoms with van der Waals surface area (Å²) >= 11 is 0. The summed E-state index contributed by atoms with van der Waals surface area (Å²) in [5.74, 6) is -0.575. The van der Waals surface area contributed by atoms with Gasteiger partial charge in [-0.15, -0.1) is 0 Å². The Balaban J connectivity index is 1.29. The zero-order valence-electron chi connectivity index (χ0n) is 31.3. The molecule has 3 aliphatic rings. The van der Waals surface area contributed by atoms with Crippen molar-refractivity contribution >= 4 is 31.1 Å². The number of amides is 2. The molecule has 0 N–H and O–H groups in total. The third-order valence-corrected chi connectivity index (χ3v) is 11.7. The van der Waals surface area contributed by atoms with Crippen LogP contribution in [-0.4, -0.2) is 93.5 Å². The highest BCUT2D eigenvalue weighted by Gasteiger charge is 2.35. The van der Waals surface area contributed by atoms with Crippen molar-refractivity contribution in [3.8, 4) is 16.9 Å². The molecule has 1 unspecified atom stereocenters. The zero-order chi connectivity index (χ0) is 37.8. The zero-order valence-corrected chi connectivity index (χ0v) is 32.3. The molecule has 1 atom stereocenters. The molecule has 3 fully saturated rings. The lowest BCUT2D eigenvalue weighted by Gasteiger charge is -2.34. The minimum Gasteiger partial charge on any atom is -0.444 e. The Morgan fingerprint density at radius 2 is 1.74 bits per heavy atom. The third kappa shape index (κ3) is 8.08. The minimum absolute atomic E-state index is 0.0336. The largest absolute Gasteiger partial charge is 0.444 e. The van der Waals surface area contributed by atoms with Gasteiger partial charge in [0.1, 0.15) is 42.0 Å². The number of carbonyl (C=O) groups is 2. The van der Waals surface area contributed by atoms with E-state index in [9.17, 15) is 23.2 Å². The van der Waals surface area contributed by atoms with Gasteiger partial charge < -0.3 is 23.8 Å². The molecule has 14 heteroatoms. The summed E-state index contributed by atoms with van der Waals surface area (Å²) in [4.78, 5) is 53.7. The third-order valence-electron chi connectivity index (χ3n) is 10.0. The molecule has 11 nitrogen and oxygen atoms in total. The number of carbonyl (C=O) groups excluding carboxylic acids is 2. The first kappa shape index (κ1) is 36.9. The Hall–Kier alpha value is -4.43. The van der Waals surface area contributed by atoms with Crippen molar-refractivity contribution in [2.24, 2.45) is 0 Å². The fourth-order valence-corrected chi connectivity index (χ4v) is 7.70. The van der Waals surface area contributed by atoms with Crippen molar-refractivity contribution in [3.05, 3.63) is 75.8 Å². The van der Waals surface area contributed by atoms with Crippen LogP contribution < -0.4 is 5.56 Å². The number of aromatic nitrogens is 4. The number of rotatable bonds is 10. The van der Waals surface area contributed by atoms with Crippen molar-refractivity contribution in [2.75, 3.05) is 32.8 Å². The number of fused-ring (bicyclic) bond motifs is 1. The van der Waals surface area contributed by atoms with Gasteiger partial charge in [0.25, 0.3) is 11.5 Å². The molecule has 1 aromatic carbocycles. The predicted octanol–water partition coefficient (Wildman–Crippen LogP) is 7.10. The Morgan fingerprint density at radius 1 is 0.981 bits per heavy atom. The summed E-state index contributed by atoms with van der Waals surface area (Å²) in [6, 6.07) is 10.5. The first-order valence-electron chi connectivity index (χ1n) is 18.5. The molecule has 4 aromatic rings. The Kier molecular flexibility index (Phi) is 9.81. The van der Waals surface area contributed by atoms with Crippen LogP contribution in [0.2, 0.25) is 25.7 Å². The maximum absolute atomic E-state index is 14.6. The quantitative estimate of drug-likeness (QED) is 0.126. The fraction of sp³-hybridized carbons (Fsp3) is 0.513. The van der Waals surface area contributed by atoms with Crippen LogP contribution in [0.3, 0.4) is 0 Å². The second-order valence-electron chi connectivity index (χ2n) is 16.8. The van der Waals surface area contributed by atoms with Gasteiger partial charge in [0.2, 0.25) is 0 Å². The summed E-state index contributed by atoms with van der Waals surface area (Å²) in [7, 11) is -1.38. The molecule has 1 aliphatic carbocycles. The van der Waals surface area contributed by atoms with Crippen LogP contribution in [0.15, 0.2) is 47.5 Å². The molecular weight excluding hydrogens is 699 g/mol. The molecule has 2 saturated heterocycles. The topological polar surface area (TPSA) is 112 Å². The van der Waals surface area contributed by atoms with Crippen LogP contribution in [-0.2, 0) is 16.2 Å². The lowest BCUT2D eigenvalue weighted by Crippen LogP contribution is -2.51. The number of hydrogen-bond donors (Lipinski definition) is 0. The number of alkyl halides is 1.